The number of alkyl halides is 1. The Bertz CT molecular complexity index is 101. The molecule has 3 heteroatoms. The molecular formula is C6H11ClO2. The van der Waals surface area contributed by atoms with Gasteiger partial charge in [0, 0.05) is 11.3 Å². The van der Waals surface area contributed by atoms with Crippen molar-refractivity contribution in [2.45, 2.75) is 20.0 Å². The minimum absolute atomic E-state index is 0.103. The highest BCUT2D eigenvalue weighted by atomic mass is 35.5. The molecule has 0 spiro atoms. The second-order valence-electron chi connectivity index (χ2n) is 2.61. The summed E-state index contributed by atoms with van der Waals surface area (Å²) in [4.78, 5) is 10.2. The Morgan fingerprint density at radius 3 is 2.33 bits per heavy atom. The van der Waals surface area contributed by atoms with Crippen LogP contribution in [0.4, 0.5) is 0 Å². The average molecular weight is 151 g/mol. The Balaban J connectivity index is 3.95. The van der Waals surface area contributed by atoms with E-state index < -0.39 is 11.5 Å². The van der Waals surface area contributed by atoms with E-state index in [9.17, 15) is 4.79 Å². The van der Waals surface area contributed by atoms with Gasteiger partial charge < -0.3 is 9.90 Å². The number of rotatable bonds is 3. The molecule has 0 heterocycles. The van der Waals surface area contributed by atoms with Crippen LogP contribution >= 0.6 is 11.6 Å². The smallest absolute Gasteiger partial charge is 0.128 e. The molecule has 0 bridgehead atoms. The normalized spacial score (nSPS) is 15.1. The fourth-order valence-electron chi connectivity index (χ4n) is 0.277. The van der Waals surface area contributed by atoms with Gasteiger partial charge in [-0.25, -0.2) is 0 Å². The highest BCUT2D eigenvalue weighted by molar-refractivity contribution is 6.18. The van der Waals surface area contributed by atoms with Gasteiger partial charge >= 0.3 is 0 Å². The first kappa shape index (κ1) is 8.92. The summed E-state index contributed by atoms with van der Waals surface area (Å²) in [5, 5.41) is 9.02. The van der Waals surface area contributed by atoms with Crippen molar-refractivity contribution in [2.75, 3.05) is 5.88 Å². The van der Waals surface area contributed by atoms with Crippen LogP contribution in [0.3, 0.4) is 0 Å². The van der Waals surface area contributed by atoms with Crippen molar-refractivity contribution in [1.82, 2.24) is 0 Å². The maximum atomic E-state index is 10.2. The quantitative estimate of drug-likeness (QED) is 0.478. The number of aliphatic hydroxyl groups is 1. The standard InChI is InChI=1S/C6H11ClO2/c1-6(2,4-8)5(9)3-7/h4-5,9H,3H2,1-2H3/t5-/m0/s1. The molecule has 0 aliphatic carbocycles. The fraction of sp³-hybridized carbons (Fsp3) is 0.833. The second kappa shape index (κ2) is 3.18. The molecule has 2 nitrogen and oxygen atoms in total. The SMILES string of the molecule is CC(C)(C=O)[C@@H](O)CCl. The molecule has 54 valence electrons. The molecule has 0 aliphatic heterocycles. The van der Waals surface area contributed by atoms with Crippen LogP contribution in [0.5, 0.6) is 0 Å². The molecule has 0 unspecified atom stereocenters. The summed E-state index contributed by atoms with van der Waals surface area (Å²) in [6.45, 7) is 3.29. The van der Waals surface area contributed by atoms with Crippen molar-refractivity contribution < 1.29 is 9.90 Å². The van der Waals surface area contributed by atoms with Gasteiger partial charge in [-0.1, -0.05) is 13.8 Å². The van der Waals surface area contributed by atoms with E-state index in [1.165, 1.54) is 0 Å². The largest absolute Gasteiger partial charge is 0.391 e. The van der Waals surface area contributed by atoms with E-state index in [4.69, 9.17) is 16.7 Å². The Morgan fingerprint density at radius 2 is 2.22 bits per heavy atom. The van der Waals surface area contributed by atoms with Crippen LogP contribution in [0.2, 0.25) is 0 Å². The molecule has 0 fully saturated rings. The molecule has 0 amide bonds. The number of carbonyl (C=O) groups is 1. The van der Waals surface area contributed by atoms with Gasteiger partial charge in [0.1, 0.15) is 6.29 Å². The van der Waals surface area contributed by atoms with Crippen molar-refractivity contribution in [3.05, 3.63) is 0 Å². The lowest BCUT2D eigenvalue weighted by Crippen LogP contribution is -2.31. The maximum Gasteiger partial charge on any atom is 0.128 e. The van der Waals surface area contributed by atoms with Gasteiger partial charge in [-0.05, 0) is 0 Å². The lowest BCUT2D eigenvalue weighted by molar-refractivity contribution is -0.119. The highest BCUT2D eigenvalue weighted by Gasteiger charge is 2.25. The minimum atomic E-state index is -0.739. The number of hydrogen-bond donors (Lipinski definition) is 1. The Morgan fingerprint density at radius 1 is 1.78 bits per heavy atom. The average Bonchev–Trinajstić information content (AvgIpc) is 1.86. The molecular weight excluding hydrogens is 140 g/mol. The number of carbonyl (C=O) groups excluding carboxylic acids is 1. The van der Waals surface area contributed by atoms with E-state index in [0.717, 1.165) is 0 Å². The number of hydrogen-bond acceptors (Lipinski definition) is 2. The first-order valence-corrected chi connectivity index (χ1v) is 3.28. The zero-order valence-electron chi connectivity index (χ0n) is 5.60. The Labute approximate surface area is 59.8 Å². The van der Waals surface area contributed by atoms with Crippen molar-refractivity contribution in [2.24, 2.45) is 5.41 Å². The third-order valence-corrected chi connectivity index (χ3v) is 1.60. The molecule has 9 heavy (non-hydrogen) atoms. The van der Waals surface area contributed by atoms with Gasteiger partial charge in [-0.15, -0.1) is 11.6 Å². The van der Waals surface area contributed by atoms with Crippen LogP contribution in [-0.2, 0) is 4.79 Å². The molecule has 0 aromatic carbocycles. The highest BCUT2D eigenvalue weighted by Crippen LogP contribution is 2.17. The Kier molecular flexibility index (Phi) is 3.15. The third-order valence-electron chi connectivity index (χ3n) is 1.31. The van der Waals surface area contributed by atoms with Crippen LogP contribution in [0.25, 0.3) is 0 Å². The maximum absolute atomic E-state index is 10.2. The predicted octanol–water partition coefficient (Wildman–Crippen LogP) is 0.811. The summed E-state index contributed by atoms with van der Waals surface area (Å²) >= 11 is 5.31. The number of halogens is 1. The molecule has 0 aliphatic rings. The van der Waals surface area contributed by atoms with Gasteiger partial charge in [-0.3, -0.25) is 0 Å². The van der Waals surface area contributed by atoms with E-state index >= 15 is 0 Å². The molecule has 1 N–H and O–H groups in total. The van der Waals surface area contributed by atoms with Crippen LogP contribution in [0.15, 0.2) is 0 Å². The summed E-state index contributed by atoms with van der Waals surface area (Å²) in [6.07, 6.45) is -0.0308. The van der Waals surface area contributed by atoms with E-state index in [2.05, 4.69) is 0 Å². The first-order chi connectivity index (χ1) is 4.04. The van der Waals surface area contributed by atoms with Crippen molar-refractivity contribution >= 4 is 17.9 Å². The van der Waals surface area contributed by atoms with Crippen LogP contribution in [-0.4, -0.2) is 23.4 Å². The first-order valence-electron chi connectivity index (χ1n) is 2.75. The van der Waals surface area contributed by atoms with Crippen molar-refractivity contribution in [3.63, 3.8) is 0 Å². The van der Waals surface area contributed by atoms with Crippen molar-refractivity contribution in [1.29, 1.82) is 0 Å². The molecule has 0 aromatic heterocycles. The topological polar surface area (TPSA) is 37.3 Å². The lowest BCUT2D eigenvalue weighted by atomic mass is 9.90. The fourth-order valence-corrected chi connectivity index (χ4v) is 0.675. The van der Waals surface area contributed by atoms with E-state index in [1.807, 2.05) is 0 Å². The number of aliphatic hydroxyl groups excluding tert-OH is 1. The van der Waals surface area contributed by atoms with E-state index in [1.54, 1.807) is 13.8 Å². The minimum Gasteiger partial charge on any atom is -0.391 e. The zero-order valence-corrected chi connectivity index (χ0v) is 6.35. The zero-order chi connectivity index (χ0) is 7.49. The third kappa shape index (κ3) is 2.33. The Hall–Kier alpha value is -0.0800. The summed E-state index contributed by atoms with van der Waals surface area (Å²) in [6, 6.07) is 0. The number of aldehydes is 1. The molecule has 0 radical (unpaired) electrons. The molecule has 0 saturated heterocycles. The molecule has 0 rings (SSSR count). The summed E-state index contributed by atoms with van der Waals surface area (Å²) < 4.78 is 0. The summed E-state index contributed by atoms with van der Waals surface area (Å²) in [5.74, 6) is 0.103. The monoisotopic (exact) mass is 150 g/mol. The lowest BCUT2D eigenvalue weighted by Gasteiger charge is -2.21. The predicted molar refractivity (Wildman–Crippen MR) is 36.6 cm³/mol. The van der Waals surface area contributed by atoms with Gasteiger partial charge in [0.25, 0.3) is 0 Å². The van der Waals surface area contributed by atoms with E-state index in [-0.39, 0.29) is 5.88 Å². The van der Waals surface area contributed by atoms with Crippen LogP contribution < -0.4 is 0 Å². The second-order valence-corrected chi connectivity index (χ2v) is 2.92. The van der Waals surface area contributed by atoms with Gasteiger partial charge in [0.15, 0.2) is 0 Å². The van der Waals surface area contributed by atoms with Crippen molar-refractivity contribution in [3.8, 4) is 0 Å². The van der Waals surface area contributed by atoms with E-state index in [0.29, 0.717) is 6.29 Å². The van der Waals surface area contributed by atoms with Crippen LogP contribution in [0.1, 0.15) is 13.8 Å². The van der Waals surface area contributed by atoms with Crippen LogP contribution in [0, 0.1) is 5.41 Å². The van der Waals surface area contributed by atoms with Gasteiger partial charge in [-0.2, -0.15) is 0 Å². The molecule has 0 saturated carbocycles. The summed E-state index contributed by atoms with van der Waals surface area (Å²) in [7, 11) is 0. The van der Waals surface area contributed by atoms with Gasteiger partial charge in [0.05, 0.1) is 6.10 Å². The van der Waals surface area contributed by atoms with Gasteiger partial charge in [0.2, 0.25) is 0 Å². The molecule has 1 atom stereocenters. The molecule has 0 aromatic rings. The summed E-state index contributed by atoms with van der Waals surface area (Å²) in [5.41, 5.74) is -0.707.